The Morgan fingerprint density at radius 3 is 2.19 bits per heavy atom. The molecule has 5 heteroatoms. The smallest absolute Gasteiger partial charge is 1.00 e. The maximum absolute atomic E-state index is 11.6. The van der Waals surface area contributed by atoms with Gasteiger partial charge in [0.15, 0.2) is 0 Å². The van der Waals surface area contributed by atoms with E-state index in [1.54, 1.807) is 4.90 Å². The van der Waals surface area contributed by atoms with Gasteiger partial charge in [0.2, 0.25) is 0 Å². The molecule has 1 heterocycles. The number of hydrogen-bond acceptors (Lipinski definition) is 2. The summed E-state index contributed by atoms with van der Waals surface area (Å²) in [5.41, 5.74) is -0.403. The van der Waals surface area contributed by atoms with E-state index in [4.69, 9.17) is 4.74 Å². The number of rotatable bonds is 0. The maximum Gasteiger partial charge on any atom is 2.00 e. The summed E-state index contributed by atoms with van der Waals surface area (Å²) in [7, 11) is 0. The van der Waals surface area contributed by atoms with Gasteiger partial charge in [-0.25, -0.2) is 4.79 Å². The van der Waals surface area contributed by atoms with Crippen molar-refractivity contribution in [2.24, 2.45) is 11.8 Å². The topological polar surface area (TPSA) is 29.5 Å². The van der Waals surface area contributed by atoms with Gasteiger partial charge in [0, 0.05) is 6.54 Å². The van der Waals surface area contributed by atoms with Crippen molar-refractivity contribution in [2.75, 3.05) is 13.1 Å². The number of hydrogen-bond donors (Lipinski definition) is 0. The predicted octanol–water partition coefficient (Wildman–Crippen LogP) is -0.675. The fourth-order valence-electron chi connectivity index (χ4n) is 1.51. The molecule has 0 aliphatic carbocycles. The van der Waals surface area contributed by atoms with E-state index in [-0.39, 0.29) is 49.5 Å². The SMILES string of the molecule is [CH2-][C@H]1CN(C(=O)OC(C)(C)C)C[C@@H]1C.[I-].[Zn+2]. The van der Waals surface area contributed by atoms with Crippen molar-refractivity contribution >= 4 is 6.09 Å². The quantitative estimate of drug-likeness (QED) is 0.312. The van der Waals surface area contributed by atoms with Crippen LogP contribution in [0.5, 0.6) is 0 Å². The van der Waals surface area contributed by atoms with Crippen LogP contribution in [0, 0.1) is 18.8 Å². The molecule has 1 fully saturated rings. The average Bonchev–Trinajstić information content (AvgIpc) is 2.28. The molecule has 90 valence electrons. The van der Waals surface area contributed by atoms with Gasteiger partial charge < -0.3 is 40.5 Å². The number of nitrogens with zero attached hydrogens (tertiary/aromatic N) is 1. The summed E-state index contributed by atoms with van der Waals surface area (Å²) >= 11 is 0. The minimum Gasteiger partial charge on any atom is -1.00 e. The van der Waals surface area contributed by atoms with E-state index in [1.165, 1.54) is 0 Å². The van der Waals surface area contributed by atoms with Gasteiger partial charge in [-0.15, -0.1) is 5.92 Å². The fourth-order valence-corrected chi connectivity index (χ4v) is 1.51. The number of likely N-dealkylation sites (tertiary alicyclic amines) is 1. The van der Waals surface area contributed by atoms with E-state index in [2.05, 4.69) is 13.8 Å². The van der Waals surface area contributed by atoms with Crippen LogP contribution >= 0.6 is 0 Å². The summed E-state index contributed by atoms with van der Waals surface area (Å²) in [6.07, 6.45) is -0.212. The Bertz CT molecular complexity index is 221. The molecule has 0 radical (unpaired) electrons. The van der Waals surface area contributed by atoms with Crippen LogP contribution in [-0.2, 0) is 24.2 Å². The van der Waals surface area contributed by atoms with Gasteiger partial charge in [-0.1, -0.05) is 6.92 Å². The molecule has 16 heavy (non-hydrogen) atoms. The first-order valence-corrected chi connectivity index (χ1v) is 5.10. The van der Waals surface area contributed by atoms with E-state index in [0.717, 1.165) is 13.1 Å². The largest absolute Gasteiger partial charge is 2.00 e. The Morgan fingerprint density at radius 1 is 1.38 bits per heavy atom. The van der Waals surface area contributed by atoms with Crippen molar-refractivity contribution in [2.45, 2.75) is 33.3 Å². The Labute approximate surface area is 128 Å². The standard InChI is InChI=1S/C11H20NO2.HI.Zn/c1-8-6-12(7-9(8)2)10(13)14-11(3,4)5;;/h8-9H,1,6-7H2,2-5H3;1H;/q-1;;+2/p-1/t8-,9-;;/m0../s1. The Morgan fingerprint density at radius 2 is 1.88 bits per heavy atom. The zero-order valence-corrected chi connectivity index (χ0v) is 15.7. The van der Waals surface area contributed by atoms with Gasteiger partial charge in [-0.2, -0.15) is 0 Å². The molecule has 1 amide bonds. The molecule has 0 bridgehead atoms. The molecule has 3 nitrogen and oxygen atoms in total. The molecule has 1 aliphatic heterocycles. The first kappa shape index (κ1) is 19.0. The third-order valence-corrected chi connectivity index (χ3v) is 2.42. The minimum absolute atomic E-state index is 0. The van der Waals surface area contributed by atoms with Crippen LogP contribution in [-0.4, -0.2) is 29.7 Å². The average molecular weight is 391 g/mol. The van der Waals surface area contributed by atoms with E-state index >= 15 is 0 Å². The monoisotopic (exact) mass is 389 g/mol. The molecular weight excluding hydrogens is 370 g/mol. The molecule has 1 rings (SSSR count). The number of halogens is 1. The van der Waals surface area contributed by atoms with Crippen LogP contribution in [0.25, 0.3) is 0 Å². The fraction of sp³-hybridized carbons (Fsp3) is 0.818. The zero-order chi connectivity index (χ0) is 10.9. The Balaban J connectivity index is 0. The van der Waals surface area contributed by atoms with Crippen LogP contribution in [0.2, 0.25) is 0 Å². The summed E-state index contributed by atoms with van der Waals surface area (Å²) in [6.45, 7) is 13.2. The minimum atomic E-state index is -0.403. The molecule has 1 aliphatic rings. The van der Waals surface area contributed by atoms with Crippen molar-refractivity contribution in [1.82, 2.24) is 4.90 Å². The summed E-state index contributed by atoms with van der Waals surface area (Å²) in [6, 6.07) is 0. The number of ether oxygens (including phenoxy) is 1. The van der Waals surface area contributed by atoms with Gasteiger partial charge in [0.1, 0.15) is 5.60 Å². The molecule has 0 aromatic carbocycles. The Kier molecular flexibility index (Phi) is 8.47. The second-order valence-electron chi connectivity index (χ2n) is 5.12. The summed E-state index contributed by atoms with van der Waals surface area (Å²) in [5, 5.41) is 0. The molecule has 0 N–H and O–H groups in total. The van der Waals surface area contributed by atoms with Gasteiger partial charge in [-0.3, -0.25) is 0 Å². The van der Waals surface area contributed by atoms with Crippen molar-refractivity contribution in [3.05, 3.63) is 6.92 Å². The van der Waals surface area contributed by atoms with Crippen LogP contribution in [0.3, 0.4) is 0 Å². The van der Waals surface area contributed by atoms with Crippen molar-refractivity contribution in [3.63, 3.8) is 0 Å². The van der Waals surface area contributed by atoms with Crippen molar-refractivity contribution in [3.8, 4) is 0 Å². The Hall–Kier alpha value is 0.623. The summed E-state index contributed by atoms with van der Waals surface area (Å²) in [4.78, 5) is 13.4. The van der Waals surface area contributed by atoms with Crippen molar-refractivity contribution < 1.29 is 53.0 Å². The third-order valence-electron chi connectivity index (χ3n) is 2.42. The summed E-state index contributed by atoms with van der Waals surface area (Å²) < 4.78 is 5.28. The predicted molar refractivity (Wildman–Crippen MR) is 55.8 cm³/mol. The van der Waals surface area contributed by atoms with E-state index in [0.29, 0.717) is 11.8 Å². The number of carbonyl (C=O) groups is 1. The second-order valence-corrected chi connectivity index (χ2v) is 5.12. The molecule has 1 saturated heterocycles. The summed E-state index contributed by atoms with van der Waals surface area (Å²) in [5.74, 6) is 0.810. The van der Waals surface area contributed by atoms with Gasteiger partial charge in [0.05, 0.1) is 0 Å². The first-order valence-electron chi connectivity index (χ1n) is 5.10. The number of amides is 1. The van der Waals surface area contributed by atoms with Gasteiger partial charge in [0.25, 0.3) is 0 Å². The van der Waals surface area contributed by atoms with Crippen molar-refractivity contribution in [1.29, 1.82) is 0 Å². The molecule has 0 unspecified atom stereocenters. The first-order chi connectivity index (χ1) is 6.29. The van der Waals surface area contributed by atoms with E-state index < -0.39 is 5.60 Å². The van der Waals surface area contributed by atoms with E-state index in [9.17, 15) is 4.79 Å². The number of carbonyl (C=O) groups excluding carboxylic acids is 1. The third kappa shape index (κ3) is 5.80. The molecule has 0 aromatic rings. The zero-order valence-electron chi connectivity index (χ0n) is 10.6. The molecular formula is C11H20INO2Zn. The van der Waals surface area contributed by atoms with Crippen LogP contribution in [0.4, 0.5) is 4.79 Å². The maximum atomic E-state index is 11.6. The van der Waals surface area contributed by atoms with Crippen LogP contribution in [0.1, 0.15) is 27.7 Å². The van der Waals surface area contributed by atoms with Gasteiger partial charge in [-0.05, 0) is 33.2 Å². The second kappa shape index (κ2) is 7.15. The molecule has 0 saturated carbocycles. The van der Waals surface area contributed by atoms with Gasteiger partial charge >= 0.3 is 25.6 Å². The normalized spacial score (nSPS) is 24.4. The van der Waals surface area contributed by atoms with E-state index in [1.807, 2.05) is 20.8 Å². The molecule has 0 spiro atoms. The molecule has 2 atom stereocenters. The van der Waals surface area contributed by atoms with Crippen LogP contribution in [0.15, 0.2) is 0 Å². The van der Waals surface area contributed by atoms with Crippen LogP contribution < -0.4 is 24.0 Å². The molecule has 0 aromatic heterocycles.